The zero-order chi connectivity index (χ0) is 14.1. The Balaban J connectivity index is 2.13. The predicted octanol–water partition coefficient (Wildman–Crippen LogP) is 2.36. The molecule has 1 N–H and O–H groups in total. The van der Waals surface area contributed by atoms with Crippen LogP contribution in [-0.4, -0.2) is 45.3 Å². The molecule has 0 spiro atoms. The van der Waals surface area contributed by atoms with Gasteiger partial charge in [0.05, 0.1) is 6.61 Å². The summed E-state index contributed by atoms with van der Waals surface area (Å²) in [6, 6.07) is 6.65. The van der Waals surface area contributed by atoms with E-state index in [1.165, 1.54) is 23.1 Å². The van der Waals surface area contributed by atoms with Crippen molar-refractivity contribution in [2.45, 2.75) is 26.8 Å². The average Bonchev–Trinajstić information content (AvgIpc) is 2.38. The lowest BCUT2D eigenvalue weighted by Crippen LogP contribution is -2.26. The fourth-order valence-corrected chi connectivity index (χ4v) is 2.10. The van der Waals surface area contributed by atoms with Gasteiger partial charge in [-0.3, -0.25) is 0 Å². The van der Waals surface area contributed by atoms with Crippen molar-refractivity contribution in [3.05, 3.63) is 34.9 Å². The van der Waals surface area contributed by atoms with Crippen LogP contribution in [0.5, 0.6) is 0 Å². The van der Waals surface area contributed by atoms with Crippen molar-refractivity contribution >= 4 is 0 Å². The quantitative estimate of drug-likeness (QED) is 0.693. The van der Waals surface area contributed by atoms with E-state index < -0.39 is 0 Å². The van der Waals surface area contributed by atoms with Crippen LogP contribution in [0.2, 0.25) is 0 Å². The molecule has 0 amide bonds. The van der Waals surface area contributed by atoms with Crippen molar-refractivity contribution in [2.24, 2.45) is 0 Å². The van der Waals surface area contributed by atoms with Crippen molar-refractivity contribution in [1.82, 2.24) is 10.2 Å². The Kier molecular flexibility index (Phi) is 7.72. The molecule has 0 heterocycles. The van der Waals surface area contributed by atoms with E-state index in [2.05, 4.69) is 49.3 Å². The summed E-state index contributed by atoms with van der Waals surface area (Å²) in [5, 5.41) is 3.52. The van der Waals surface area contributed by atoms with Crippen LogP contribution in [0.3, 0.4) is 0 Å². The van der Waals surface area contributed by atoms with Crippen LogP contribution >= 0.6 is 0 Å². The Hall–Kier alpha value is -0.900. The summed E-state index contributed by atoms with van der Waals surface area (Å²) in [7, 11) is 3.89. The van der Waals surface area contributed by atoms with E-state index in [-0.39, 0.29) is 0 Å². The van der Waals surface area contributed by atoms with E-state index in [1.54, 1.807) is 7.11 Å². The third kappa shape index (κ3) is 6.71. The highest BCUT2D eigenvalue weighted by Gasteiger charge is 1.99. The maximum absolute atomic E-state index is 5.06. The van der Waals surface area contributed by atoms with Crippen LogP contribution in [0.1, 0.15) is 23.1 Å². The molecule has 108 valence electrons. The monoisotopic (exact) mass is 264 g/mol. The number of nitrogens with zero attached hydrogens (tertiary/aromatic N) is 1. The van der Waals surface area contributed by atoms with Gasteiger partial charge in [0.15, 0.2) is 0 Å². The second-order valence-corrected chi connectivity index (χ2v) is 5.26. The van der Waals surface area contributed by atoms with Crippen LogP contribution in [0.4, 0.5) is 0 Å². The number of hydrogen-bond acceptors (Lipinski definition) is 3. The zero-order valence-corrected chi connectivity index (χ0v) is 12.8. The Morgan fingerprint density at radius 1 is 1.21 bits per heavy atom. The fraction of sp³-hybridized carbons (Fsp3) is 0.625. The Bertz CT molecular complexity index is 366. The second-order valence-electron chi connectivity index (χ2n) is 5.26. The minimum atomic E-state index is 0.812. The summed E-state index contributed by atoms with van der Waals surface area (Å²) in [5.74, 6) is 0. The minimum Gasteiger partial charge on any atom is -0.383 e. The van der Waals surface area contributed by atoms with Crippen LogP contribution in [-0.2, 0) is 11.3 Å². The molecule has 19 heavy (non-hydrogen) atoms. The SMILES string of the molecule is COCCN(C)CCCNCc1ccc(C)cc1C. The standard InChI is InChI=1S/C16H28N2O/c1-14-6-7-16(15(2)12-14)13-17-8-5-9-18(3)10-11-19-4/h6-7,12,17H,5,8-11,13H2,1-4H3. The summed E-state index contributed by atoms with van der Waals surface area (Å²) < 4.78 is 5.06. The van der Waals surface area contributed by atoms with Crippen molar-refractivity contribution in [2.75, 3.05) is 40.4 Å². The van der Waals surface area contributed by atoms with Gasteiger partial charge in [0.1, 0.15) is 0 Å². The Morgan fingerprint density at radius 3 is 2.68 bits per heavy atom. The van der Waals surface area contributed by atoms with Gasteiger partial charge in [0.2, 0.25) is 0 Å². The van der Waals surface area contributed by atoms with Crippen molar-refractivity contribution in [1.29, 1.82) is 0 Å². The van der Waals surface area contributed by atoms with E-state index in [9.17, 15) is 0 Å². The van der Waals surface area contributed by atoms with Gasteiger partial charge in [-0.15, -0.1) is 0 Å². The van der Waals surface area contributed by atoms with Gasteiger partial charge in [-0.05, 0) is 51.5 Å². The minimum absolute atomic E-state index is 0.812. The van der Waals surface area contributed by atoms with Crippen LogP contribution in [0, 0.1) is 13.8 Å². The van der Waals surface area contributed by atoms with E-state index in [1.807, 2.05) is 0 Å². The van der Waals surface area contributed by atoms with E-state index >= 15 is 0 Å². The van der Waals surface area contributed by atoms with Crippen molar-refractivity contribution in [3.8, 4) is 0 Å². The fourth-order valence-electron chi connectivity index (χ4n) is 2.10. The van der Waals surface area contributed by atoms with Gasteiger partial charge < -0.3 is 15.0 Å². The molecule has 0 atom stereocenters. The zero-order valence-electron chi connectivity index (χ0n) is 12.8. The number of methoxy groups -OCH3 is 1. The molecule has 0 fully saturated rings. The highest BCUT2D eigenvalue weighted by atomic mass is 16.5. The third-order valence-corrected chi connectivity index (χ3v) is 3.38. The van der Waals surface area contributed by atoms with E-state index in [0.29, 0.717) is 0 Å². The van der Waals surface area contributed by atoms with Gasteiger partial charge >= 0.3 is 0 Å². The first kappa shape index (κ1) is 16.2. The first-order valence-corrected chi connectivity index (χ1v) is 7.08. The van der Waals surface area contributed by atoms with E-state index in [0.717, 1.165) is 32.8 Å². The largest absolute Gasteiger partial charge is 0.383 e. The van der Waals surface area contributed by atoms with Crippen LogP contribution < -0.4 is 5.32 Å². The molecule has 0 aliphatic heterocycles. The lowest BCUT2D eigenvalue weighted by molar-refractivity contribution is 0.160. The summed E-state index contributed by atoms with van der Waals surface area (Å²) in [5.41, 5.74) is 4.11. The van der Waals surface area contributed by atoms with Gasteiger partial charge in [-0.2, -0.15) is 0 Å². The summed E-state index contributed by atoms with van der Waals surface area (Å²) in [6.45, 7) is 9.28. The Labute approximate surface area is 118 Å². The molecule has 1 rings (SSSR count). The normalized spacial score (nSPS) is 11.2. The van der Waals surface area contributed by atoms with Crippen LogP contribution in [0.25, 0.3) is 0 Å². The topological polar surface area (TPSA) is 24.5 Å². The highest BCUT2D eigenvalue weighted by molar-refractivity contribution is 5.30. The van der Waals surface area contributed by atoms with Gasteiger partial charge in [0, 0.05) is 20.2 Å². The number of nitrogens with one attached hydrogen (secondary N) is 1. The molecular formula is C16H28N2O. The van der Waals surface area contributed by atoms with Crippen molar-refractivity contribution in [3.63, 3.8) is 0 Å². The van der Waals surface area contributed by atoms with Gasteiger partial charge in [-0.1, -0.05) is 23.8 Å². The lowest BCUT2D eigenvalue weighted by Gasteiger charge is -2.16. The summed E-state index contributed by atoms with van der Waals surface area (Å²) in [6.07, 6.45) is 1.17. The molecule has 0 aliphatic carbocycles. The molecule has 0 aliphatic rings. The van der Waals surface area contributed by atoms with E-state index in [4.69, 9.17) is 4.74 Å². The molecule has 0 saturated carbocycles. The molecule has 0 radical (unpaired) electrons. The number of ether oxygens (including phenoxy) is 1. The van der Waals surface area contributed by atoms with Gasteiger partial charge in [0.25, 0.3) is 0 Å². The number of benzene rings is 1. The van der Waals surface area contributed by atoms with Crippen molar-refractivity contribution < 1.29 is 4.74 Å². The number of likely N-dealkylation sites (N-methyl/N-ethyl adjacent to an activating group) is 1. The molecule has 0 aromatic heterocycles. The first-order valence-electron chi connectivity index (χ1n) is 7.08. The van der Waals surface area contributed by atoms with Gasteiger partial charge in [-0.25, -0.2) is 0 Å². The maximum Gasteiger partial charge on any atom is 0.0589 e. The van der Waals surface area contributed by atoms with Crippen LogP contribution in [0.15, 0.2) is 18.2 Å². The Morgan fingerprint density at radius 2 is 2.00 bits per heavy atom. The number of aryl methyl sites for hydroxylation is 2. The number of rotatable bonds is 9. The summed E-state index contributed by atoms with van der Waals surface area (Å²) >= 11 is 0. The molecule has 0 bridgehead atoms. The predicted molar refractivity (Wildman–Crippen MR) is 81.6 cm³/mol. The molecule has 0 unspecified atom stereocenters. The molecular weight excluding hydrogens is 236 g/mol. The smallest absolute Gasteiger partial charge is 0.0589 e. The molecule has 0 saturated heterocycles. The number of hydrogen-bond donors (Lipinski definition) is 1. The first-order chi connectivity index (χ1) is 9.13. The average molecular weight is 264 g/mol. The molecule has 3 nitrogen and oxygen atoms in total. The maximum atomic E-state index is 5.06. The lowest BCUT2D eigenvalue weighted by atomic mass is 10.1. The molecule has 1 aromatic rings. The second kappa shape index (κ2) is 9.08. The molecule has 3 heteroatoms. The third-order valence-electron chi connectivity index (χ3n) is 3.38. The molecule has 1 aromatic carbocycles. The highest BCUT2D eigenvalue weighted by Crippen LogP contribution is 2.09. The summed E-state index contributed by atoms with van der Waals surface area (Å²) in [4.78, 5) is 2.31.